The lowest BCUT2D eigenvalue weighted by Crippen LogP contribution is -2.24. The Balaban J connectivity index is 3.44. The number of hydrogen-bond donors (Lipinski definition) is 1. The molecule has 0 aliphatic carbocycles. The van der Waals surface area contributed by atoms with E-state index in [4.69, 9.17) is 9.84 Å². The van der Waals surface area contributed by atoms with E-state index >= 15 is 0 Å². The minimum atomic E-state index is -0.976. The molecule has 0 rings (SSSR count). The van der Waals surface area contributed by atoms with Crippen LogP contribution >= 0.6 is 0 Å². The molecule has 65 valence electrons. The molecule has 1 radical (unpaired) electrons. The van der Waals surface area contributed by atoms with Crippen molar-refractivity contribution in [3.05, 3.63) is 6.92 Å². The Kier molecular flexibility index (Phi) is 5.78. The minimum absolute atomic E-state index is 0.235. The highest BCUT2D eigenvalue weighted by Gasteiger charge is 2.14. The number of methoxy groups -OCH3 is 1. The van der Waals surface area contributed by atoms with Crippen LogP contribution < -0.4 is 0 Å². The van der Waals surface area contributed by atoms with Crippen molar-refractivity contribution in [2.75, 3.05) is 20.3 Å². The van der Waals surface area contributed by atoms with E-state index in [0.717, 1.165) is 0 Å². The molecular weight excluding hydrogens is 148 g/mol. The van der Waals surface area contributed by atoms with Gasteiger partial charge in [-0.2, -0.15) is 0 Å². The highest BCUT2D eigenvalue weighted by molar-refractivity contribution is 5.72. The molecule has 0 aromatic rings. The van der Waals surface area contributed by atoms with Gasteiger partial charge in [0.15, 0.2) is 6.10 Å². The summed E-state index contributed by atoms with van der Waals surface area (Å²) in [6.45, 7) is 4.14. The average molecular weight is 161 g/mol. The van der Waals surface area contributed by atoms with Gasteiger partial charge in [0.1, 0.15) is 0 Å². The van der Waals surface area contributed by atoms with Crippen LogP contribution in [0.2, 0.25) is 0 Å². The number of aliphatic carboxylic acids is 1. The number of ether oxygens (including phenoxy) is 2. The van der Waals surface area contributed by atoms with Crippen LogP contribution in [0.4, 0.5) is 0 Å². The molecular formula is C7H13O4. The Morgan fingerprint density at radius 2 is 2.27 bits per heavy atom. The molecule has 0 aromatic heterocycles. The van der Waals surface area contributed by atoms with Gasteiger partial charge in [-0.05, 0) is 6.42 Å². The summed E-state index contributed by atoms with van der Waals surface area (Å²) in [6.07, 6.45) is -0.566. The molecule has 11 heavy (non-hydrogen) atoms. The van der Waals surface area contributed by atoms with E-state index in [2.05, 4.69) is 11.7 Å². The summed E-state index contributed by atoms with van der Waals surface area (Å²) in [7, 11) is 1.53. The number of carboxylic acids is 1. The van der Waals surface area contributed by atoms with Gasteiger partial charge in [0.2, 0.25) is 0 Å². The average Bonchev–Trinajstić information content (AvgIpc) is 1.97. The lowest BCUT2D eigenvalue weighted by atomic mass is 10.3. The zero-order valence-electron chi connectivity index (χ0n) is 6.58. The Bertz CT molecular complexity index is 113. The first-order valence-electron chi connectivity index (χ1n) is 3.35. The largest absolute Gasteiger partial charge is 0.479 e. The quantitative estimate of drug-likeness (QED) is 0.570. The van der Waals surface area contributed by atoms with Crippen molar-refractivity contribution in [1.82, 2.24) is 0 Å². The molecule has 0 aliphatic heterocycles. The Labute approximate surface area is 66.1 Å². The van der Waals surface area contributed by atoms with Crippen molar-refractivity contribution < 1.29 is 19.4 Å². The minimum Gasteiger partial charge on any atom is -0.479 e. The van der Waals surface area contributed by atoms with Gasteiger partial charge in [0.05, 0.1) is 13.2 Å². The van der Waals surface area contributed by atoms with Gasteiger partial charge in [-0.3, -0.25) is 0 Å². The molecule has 1 N–H and O–H groups in total. The van der Waals surface area contributed by atoms with Gasteiger partial charge in [-0.25, -0.2) is 4.79 Å². The monoisotopic (exact) mass is 161 g/mol. The number of carboxylic acid groups (broad SMARTS) is 1. The van der Waals surface area contributed by atoms with Crippen LogP contribution in [0.5, 0.6) is 0 Å². The summed E-state index contributed by atoms with van der Waals surface area (Å²) < 4.78 is 9.58. The highest BCUT2D eigenvalue weighted by Crippen LogP contribution is 1.96. The molecule has 0 fully saturated rings. The molecule has 0 saturated carbocycles. The summed E-state index contributed by atoms with van der Waals surface area (Å²) in [6, 6.07) is 0. The molecule has 0 aliphatic rings. The highest BCUT2D eigenvalue weighted by atomic mass is 16.5. The second-order valence-electron chi connectivity index (χ2n) is 1.98. The van der Waals surface area contributed by atoms with Crippen LogP contribution in [0.15, 0.2) is 0 Å². The van der Waals surface area contributed by atoms with E-state index in [1.54, 1.807) is 0 Å². The fourth-order valence-corrected chi connectivity index (χ4v) is 0.552. The third kappa shape index (κ3) is 4.75. The van der Waals surface area contributed by atoms with E-state index in [9.17, 15) is 4.79 Å². The van der Waals surface area contributed by atoms with Crippen LogP contribution in [-0.4, -0.2) is 37.5 Å². The van der Waals surface area contributed by atoms with Crippen LogP contribution in [0.3, 0.4) is 0 Å². The molecule has 0 spiro atoms. The normalized spacial score (nSPS) is 12.9. The Morgan fingerprint density at radius 1 is 1.64 bits per heavy atom. The Hall–Kier alpha value is -0.610. The molecule has 4 heteroatoms. The van der Waals surface area contributed by atoms with Crippen LogP contribution in [-0.2, 0) is 14.3 Å². The van der Waals surface area contributed by atoms with Crippen molar-refractivity contribution in [2.24, 2.45) is 0 Å². The van der Waals surface area contributed by atoms with Gasteiger partial charge >= 0.3 is 5.97 Å². The van der Waals surface area contributed by atoms with E-state index in [0.29, 0.717) is 13.2 Å². The molecule has 0 heterocycles. The molecule has 0 bridgehead atoms. The second-order valence-corrected chi connectivity index (χ2v) is 1.98. The van der Waals surface area contributed by atoms with E-state index in [-0.39, 0.29) is 6.42 Å². The van der Waals surface area contributed by atoms with Crippen molar-refractivity contribution in [2.45, 2.75) is 12.5 Å². The van der Waals surface area contributed by atoms with Gasteiger partial charge in [0.25, 0.3) is 0 Å². The number of rotatable bonds is 6. The molecule has 1 atom stereocenters. The number of carbonyl (C=O) groups is 1. The molecule has 4 nitrogen and oxygen atoms in total. The molecule has 0 saturated heterocycles. The van der Waals surface area contributed by atoms with Gasteiger partial charge in [-0.15, -0.1) is 0 Å². The maximum Gasteiger partial charge on any atom is 0.332 e. The fraction of sp³-hybridized carbons (Fsp3) is 0.714. The van der Waals surface area contributed by atoms with Crippen LogP contribution in [0.25, 0.3) is 0 Å². The first-order valence-corrected chi connectivity index (χ1v) is 3.35. The standard InChI is InChI=1S/C7H13O4/c1-3-6(7(8)9)11-5-4-10-2/h6H,1,3-5H2,2H3,(H,8,9). The smallest absolute Gasteiger partial charge is 0.332 e. The summed E-state index contributed by atoms with van der Waals surface area (Å²) in [5.74, 6) is -0.976. The van der Waals surface area contributed by atoms with Gasteiger partial charge in [-0.1, -0.05) is 6.92 Å². The lowest BCUT2D eigenvalue weighted by molar-refractivity contribution is -0.150. The zero-order valence-corrected chi connectivity index (χ0v) is 6.58. The Morgan fingerprint density at radius 3 is 2.64 bits per heavy atom. The lowest BCUT2D eigenvalue weighted by Gasteiger charge is -2.09. The molecule has 1 unspecified atom stereocenters. The van der Waals surface area contributed by atoms with Crippen molar-refractivity contribution >= 4 is 5.97 Å². The maximum absolute atomic E-state index is 10.3. The third-order valence-electron chi connectivity index (χ3n) is 1.14. The summed E-state index contributed by atoms with van der Waals surface area (Å²) in [5.41, 5.74) is 0. The van der Waals surface area contributed by atoms with E-state index in [1.165, 1.54) is 7.11 Å². The summed E-state index contributed by atoms with van der Waals surface area (Å²) in [5, 5.41) is 8.47. The molecule has 0 amide bonds. The molecule has 0 aromatic carbocycles. The van der Waals surface area contributed by atoms with Gasteiger partial charge < -0.3 is 14.6 Å². The van der Waals surface area contributed by atoms with Gasteiger partial charge in [0, 0.05) is 7.11 Å². The van der Waals surface area contributed by atoms with Crippen LogP contribution in [0.1, 0.15) is 6.42 Å². The summed E-state index contributed by atoms with van der Waals surface area (Å²) >= 11 is 0. The third-order valence-corrected chi connectivity index (χ3v) is 1.14. The van der Waals surface area contributed by atoms with Crippen molar-refractivity contribution in [1.29, 1.82) is 0 Å². The van der Waals surface area contributed by atoms with Crippen LogP contribution in [0, 0.1) is 6.92 Å². The van der Waals surface area contributed by atoms with Crippen molar-refractivity contribution in [3.63, 3.8) is 0 Å². The SMILES string of the molecule is [CH2]CC(OCCOC)C(=O)O. The van der Waals surface area contributed by atoms with E-state index in [1.807, 2.05) is 0 Å². The van der Waals surface area contributed by atoms with Crippen molar-refractivity contribution in [3.8, 4) is 0 Å². The summed E-state index contributed by atoms with van der Waals surface area (Å²) in [4.78, 5) is 10.3. The first kappa shape index (κ1) is 10.4. The van der Waals surface area contributed by atoms with E-state index < -0.39 is 12.1 Å². The predicted molar refractivity (Wildman–Crippen MR) is 39.2 cm³/mol. The maximum atomic E-state index is 10.3. The zero-order chi connectivity index (χ0) is 8.69. The second kappa shape index (κ2) is 6.12. The fourth-order valence-electron chi connectivity index (χ4n) is 0.552. The number of hydrogen-bond acceptors (Lipinski definition) is 3. The first-order chi connectivity index (χ1) is 5.22. The predicted octanol–water partition coefficient (Wildman–Crippen LogP) is 0.327. The topological polar surface area (TPSA) is 55.8 Å².